The lowest BCUT2D eigenvalue weighted by molar-refractivity contribution is 0.748. The third kappa shape index (κ3) is 1.43. The summed E-state index contributed by atoms with van der Waals surface area (Å²) < 4.78 is 0. The second-order valence-corrected chi connectivity index (χ2v) is 4.76. The monoisotopic (exact) mass is 217 g/mol. The van der Waals surface area contributed by atoms with E-state index in [1.165, 1.54) is 16.3 Å². The van der Waals surface area contributed by atoms with E-state index < -0.39 is 0 Å². The number of rotatable bonds is 1. The molecular formula is C13H12ClN. The van der Waals surface area contributed by atoms with E-state index in [1.54, 1.807) is 0 Å². The van der Waals surface area contributed by atoms with Crippen LogP contribution in [-0.2, 0) is 5.54 Å². The average Bonchev–Trinajstić information content (AvgIpc) is 2.96. The van der Waals surface area contributed by atoms with Crippen molar-refractivity contribution in [2.75, 3.05) is 0 Å². The van der Waals surface area contributed by atoms with Crippen molar-refractivity contribution in [1.82, 2.24) is 0 Å². The average molecular weight is 218 g/mol. The van der Waals surface area contributed by atoms with E-state index in [-0.39, 0.29) is 5.54 Å². The Bertz CT molecular complexity index is 529. The molecule has 1 nitrogen and oxygen atoms in total. The number of hydrogen-bond donors (Lipinski definition) is 1. The van der Waals surface area contributed by atoms with Gasteiger partial charge in [-0.1, -0.05) is 35.9 Å². The Labute approximate surface area is 93.8 Å². The van der Waals surface area contributed by atoms with Gasteiger partial charge in [0, 0.05) is 10.6 Å². The standard InChI is InChI=1S/C13H12ClN/c14-10-5-4-9-2-1-3-12(11(9)8-10)13(15)6-7-13/h1-5,8H,6-7,15H2. The van der Waals surface area contributed by atoms with Crippen LogP contribution in [0.5, 0.6) is 0 Å². The molecule has 2 heteroatoms. The minimum Gasteiger partial charge on any atom is -0.321 e. The van der Waals surface area contributed by atoms with Crippen LogP contribution in [0.1, 0.15) is 18.4 Å². The fraction of sp³-hybridized carbons (Fsp3) is 0.231. The summed E-state index contributed by atoms with van der Waals surface area (Å²) in [6.07, 6.45) is 2.16. The summed E-state index contributed by atoms with van der Waals surface area (Å²) in [6.45, 7) is 0. The summed E-state index contributed by atoms with van der Waals surface area (Å²) in [4.78, 5) is 0. The van der Waals surface area contributed by atoms with Gasteiger partial charge in [0.25, 0.3) is 0 Å². The van der Waals surface area contributed by atoms with Crippen LogP contribution in [0.4, 0.5) is 0 Å². The van der Waals surface area contributed by atoms with Crippen molar-refractivity contribution < 1.29 is 0 Å². The third-order valence-corrected chi connectivity index (χ3v) is 3.40. The molecule has 0 bridgehead atoms. The van der Waals surface area contributed by atoms with E-state index in [4.69, 9.17) is 17.3 Å². The van der Waals surface area contributed by atoms with E-state index in [2.05, 4.69) is 18.2 Å². The van der Waals surface area contributed by atoms with Crippen LogP contribution in [0.15, 0.2) is 36.4 Å². The summed E-state index contributed by atoms with van der Waals surface area (Å²) in [5.41, 5.74) is 7.39. The number of hydrogen-bond acceptors (Lipinski definition) is 1. The van der Waals surface area contributed by atoms with E-state index in [0.717, 1.165) is 17.9 Å². The summed E-state index contributed by atoms with van der Waals surface area (Å²) in [5, 5.41) is 3.19. The minimum absolute atomic E-state index is 0.0931. The Morgan fingerprint density at radius 3 is 2.67 bits per heavy atom. The topological polar surface area (TPSA) is 26.0 Å². The Kier molecular flexibility index (Phi) is 1.82. The lowest BCUT2D eigenvalue weighted by Crippen LogP contribution is -2.18. The molecule has 0 atom stereocenters. The van der Waals surface area contributed by atoms with E-state index in [1.807, 2.05) is 18.2 Å². The first kappa shape index (κ1) is 9.20. The Balaban J connectivity index is 2.33. The minimum atomic E-state index is -0.0931. The van der Waals surface area contributed by atoms with Gasteiger partial charge in [-0.05, 0) is 41.3 Å². The van der Waals surface area contributed by atoms with Crippen LogP contribution in [0.25, 0.3) is 10.8 Å². The zero-order valence-corrected chi connectivity index (χ0v) is 9.09. The van der Waals surface area contributed by atoms with Gasteiger partial charge in [-0.2, -0.15) is 0 Å². The van der Waals surface area contributed by atoms with Gasteiger partial charge in [0.15, 0.2) is 0 Å². The first-order valence-electron chi connectivity index (χ1n) is 5.17. The van der Waals surface area contributed by atoms with Gasteiger partial charge < -0.3 is 5.73 Å². The summed E-state index contributed by atoms with van der Waals surface area (Å²) >= 11 is 6.02. The van der Waals surface area contributed by atoms with Crippen LogP contribution in [-0.4, -0.2) is 0 Å². The molecule has 1 aliphatic carbocycles. The third-order valence-electron chi connectivity index (χ3n) is 3.17. The lowest BCUT2D eigenvalue weighted by atomic mass is 9.98. The lowest BCUT2D eigenvalue weighted by Gasteiger charge is -2.12. The highest BCUT2D eigenvalue weighted by molar-refractivity contribution is 6.31. The maximum Gasteiger partial charge on any atom is 0.0417 e. The van der Waals surface area contributed by atoms with Gasteiger partial charge in [-0.3, -0.25) is 0 Å². The zero-order chi connectivity index (χ0) is 10.5. The molecule has 0 spiro atoms. The molecule has 1 fully saturated rings. The van der Waals surface area contributed by atoms with Crippen LogP contribution < -0.4 is 5.73 Å². The van der Waals surface area contributed by atoms with E-state index in [0.29, 0.717) is 0 Å². The fourth-order valence-electron chi connectivity index (χ4n) is 2.08. The van der Waals surface area contributed by atoms with Crippen molar-refractivity contribution in [3.05, 3.63) is 47.0 Å². The second kappa shape index (κ2) is 2.97. The van der Waals surface area contributed by atoms with Gasteiger partial charge in [0.2, 0.25) is 0 Å². The quantitative estimate of drug-likeness (QED) is 0.778. The molecule has 0 aromatic heterocycles. The Morgan fingerprint density at radius 1 is 1.13 bits per heavy atom. The van der Waals surface area contributed by atoms with E-state index in [9.17, 15) is 0 Å². The number of benzene rings is 2. The predicted molar refractivity (Wildman–Crippen MR) is 64.1 cm³/mol. The van der Waals surface area contributed by atoms with Gasteiger partial charge in [0.1, 0.15) is 0 Å². The molecule has 0 radical (unpaired) electrons. The smallest absolute Gasteiger partial charge is 0.0417 e. The molecule has 0 unspecified atom stereocenters. The molecule has 2 aromatic rings. The molecule has 2 N–H and O–H groups in total. The highest BCUT2D eigenvalue weighted by Gasteiger charge is 2.40. The van der Waals surface area contributed by atoms with Crippen LogP contribution in [0.2, 0.25) is 5.02 Å². The van der Waals surface area contributed by atoms with Crippen molar-refractivity contribution in [3.63, 3.8) is 0 Å². The first-order chi connectivity index (χ1) is 7.19. The van der Waals surface area contributed by atoms with Gasteiger partial charge in [0.05, 0.1) is 0 Å². The molecule has 1 saturated carbocycles. The number of halogens is 1. The summed E-state index contributed by atoms with van der Waals surface area (Å²) in [6, 6.07) is 12.3. The fourth-order valence-corrected chi connectivity index (χ4v) is 2.26. The maximum atomic E-state index is 6.24. The highest BCUT2D eigenvalue weighted by atomic mass is 35.5. The molecule has 3 rings (SSSR count). The van der Waals surface area contributed by atoms with Crippen molar-refractivity contribution in [2.24, 2.45) is 5.73 Å². The first-order valence-corrected chi connectivity index (χ1v) is 5.54. The summed E-state index contributed by atoms with van der Waals surface area (Å²) in [7, 11) is 0. The molecular weight excluding hydrogens is 206 g/mol. The molecule has 15 heavy (non-hydrogen) atoms. The van der Waals surface area contributed by atoms with Gasteiger partial charge in [-0.25, -0.2) is 0 Å². The highest BCUT2D eigenvalue weighted by Crippen LogP contribution is 2.45. The maximum absolute atomic E-state index is 6.24. The molecule has 0 amide bonds. The van der Waals surface area contributed by atoms with Crippen LogP contribution >= 0.6 is 11.6 Å². The van der Waals surface area contributed by atoms with Crippen molar-refractivity contribution in [2.45, 2.75) is 18.4 Å². The van der Waals surface area contributed by atoms with Crippen molar-refractivity contribution in [1.29, 1.82) is 0 Å². The molecule has 2 aromatic carbocycles. The van der Waals surface area contributed by atoms with Crippen molar-refractivity contribution >= 4 is 22.4 Å². The Hall–Kier alpha value is -1.05. The number of fused-ring (bicyclic) bond motifs is 1. The normalized spacial score (nSPS) is 18.0. The number of nitrogens with two attached hydrogens (primary N) is 1. The zero-order valence-electron chi connectivity index (χ0n) is 8.33. The molecule has 0 heterocycles. The molecule has 0 aliphatic heterocycles. The Morgan fingerprint density at radius 2 is 1.93 bits per heavy atom. The molecule has 1 aliphatic rings. The SMILES string of the molecule is NC1(c2cccc3ccc(Cl)cc23)CC1. The van der Waals surface area contributed by atoms with Gasteiger partial charge in [-0.15, -0.1) is 0 Å². The van der Waals surface area contributed by atoms with Crippen LogP contribution in [0, 0.1) is 0 Å². The largest absolute Gasteiger partial charge is 0.321 e. The molecule has 0 saturated heterocycles. The van der Waals surface area contributed by atoms with Crippen molar-refractivity contribution in [3.8, 4) is 0 Å². The predicted octanol–water partition coefficient (Wildman–Crippen LogP) is 3.44. The van der Waals surface area contributed by atoms with Gasteiger partial charge >= 0.3 is 0 Å². The summed E-state index contributed by atoms with van der Waals surface area (Å²) in [5.74, 6) is 0. The second-order valence-electron chi connectivity index (χ2n) is 4.33. The van der Waals surface area contributed by atoms with Crippen LogP contribution in [0.3, 0.4) is 0 Å². The molecule has 76 valence electrons. The van der Waals surface area contributed by atoms with E-state index >= 15 is 0 Å².